The van der Waals surface area contributed by atoms with Gasteiger partial charge in [-0.1, -0.05) is 84.0 Å². The minimum absolute atomic E-state index is 0.157. The average molecular weight is 300 g/mol. The predicted octanol–water partition coefficient (Wildman–Crippen LogP) is 6.55. The van der Waals surface area contributed by atoms with Crippen molar-refractivity contribution >= 4 is 6.16 Å². The molecule has 0 rings (SSSR count). The van der Waals surface area contributed by atoms with Crippen molar-refractivity contribution in [2.24, 2.45) is 0 Å². The number of carboxylic acid groups (broad SMARTS) is 1. The maximum Gasteiger partial charge on any atom is 0.506 e. The molecular weight excluding hydrogens is 264 g/mol. The molecule has 0 bridgehead atoms. The molecule has 0 aliphatic carbocycles. The number of hydrogen-bond acceptors (Lipinski definition) is 2. The first-order valence-corrected chi connectivity index (χ1v) is 9.06. The fraction of sp³-hybridized carbons (Fsp3) is 0.944. The second-order valence-corrected chi connectivity index (χ2v) is 6.23. The van der Waals surface area contributed by atoms with Crippen molar-refractivity contribution in [2.75, 3.05) is 0 Å². The maximum absolute atomic E-state index is 10.3. The van der Waals surface area contributed by atoms with Gasteiger partial charge in [-0.2, -0.15) is 0 Å². The first-order valence-electron chi connectivity index (χ1n) is 9.06. The van der Waals surface area contributed by atoms with Crippen LogP contribution in [0.2, 0.25) is 0 Å². The predicted molar refractivity (Wildman–Crippen MR) is 88.9 cm³/mol. The smallest absolute Gasteiger partial charge is 0.450 e. The topological polar surface area (TPSA) is 46.5 Å². The fourth-order valence-electron chi connectivity index (χ4n) is 2.68. The summed E-state index contributed by atoms with van der Waals surface area (Å²) >= 11 is 0. The highest BCUT2D eigenvalue weighted by Crippen LogP contribution is 2.13. The highest BCUT2D eigenvalue weighted by molar-refractivity contribution is 5.56. The quantitative estimate of drug-likeness (QED) is 0.275. The molecule has 0 amide bonds. The molecule has 21 heavy (non-hydrogen) atoms. The van der Waals surface area contributed by atoms with E-state index >= 15 is 0 Å². The van der Waals surface area contributed by atoms with E-state index in [2.05, 4.69) is 11.7 Å². The molecule has 0 heterocycles. The Morgan fingerprint density at radius 1 is 0.810 bits per heavy atom. The van der Waals surface area contributed by atoms with Crippen molar-refractivity contribution in [2.45, 2.75) is 110 Å². The number of rotatable bonds is 15. The third kappa shape index (κ3) is 17.2. The third-order valence-corrected chi connectivity index (χ3v) is 4.02. The molecule has 126 valence electrons. The lowest BCUT2D eigenvalue weighted by molar-refractivity contribution is 0.0548. The highest BCUT2D eigenvalue weighted by Gasteiger charge is 2.06. The highest BCUT2D eigenvalue weighted by atomic mass is 16.7. The molecule has 0 spiro atoms. The molecule has 0 saturated carbocycles. The van der Waals surface area contributed by atoms with Gasteiger partial charge in [-0.25, -0.2) is 4.79 Å². The third-order valence-electron chi connectivity index (χ3n) is 4.02. The molecule has 0 aromatic carbocycles. The largest absolute Gasteiger partial charge is 0.506 e. The molecular formula is C18H36O3. The van der Waals surface area contributed by atoms with Gasteiger partial charge < -0.3 is 9.84 Å². The van der Waals surface area contributed by atoms with Crippen molar-refractivity contribution in [1.29, 1.82) is 0 Å². The molecule has 1 N–H and O–H groups in total. The van der Waals surface area contributed by atoms with E-state index in [4.69, 9.17) is 5.11 Å². The van der Waals surface area contributed by atoms with Crippen LogP contribution in [-0.4, -0.2) is 17.4 Å². The Balaban J connectivity index is 3.07. The van der Waals surface area contributed by atoms with Gasteiger partial charge >= 0.3 is 6.16 Å². The van der Waals surface area contributed by atoms with Crippen molar-refractivity contribution < 1.29 is 14.6 Å². The summed E-state index contributed by atoms with van der Waals surface area (Å²) in [5.74, 6) is 0. The Bertz CT molecular complexity index is 229. The summed E-state index contributed by atoms with van der Waals surface area (Å²) < 4.78 is 4.67. The second kappa shape index (κ2) is 15.7. The summed E-state index contributed by atoms with van der Waals surface area (Å²) in [6.45, 7) is 4.09. The zero-order valence-electron chi connectivity index (χ0n) is 14.2. The zero-order chi connectivity index (χ0) is 15.8. The van der Waals surface area contributed by atoms with E-state index in [1.54, 1.807) is 0 Å². The van der Waals surface area contributed by atoms with Crippen LogP contribution in [0.4, 0.5) is 4.79 Å². The lowest BCUT2D eigenvalue weighted by Crippen LogP contribution is -2.12. The summed E-state index contributed by atoms with van der Waals surface area (Å²) in [5.41, 5.74) is 0. The van der Waals surface area contributed by atoms with Crippen LogP contribution in [0.3, 0.4) is 0 Å². The first-order chi connectivity index (χ1) is 10.2. The lowest BCUT2D eigenvalue weighted by atomic mass is 10.0. The van der Waals surface area contributed by atoms with Crippen molar-refractivity contribution in [3.8, 4) is 0 Å². The Morgan fingerprint density at radius 2 is 1.19 bits per heavy atom. The average Bonchev–Trinajstić information content (AvgIpc) is 2.43. The number of carbonyl (C=O) groups is 1. The molecule has 0 aliphatic heterocycles. The molecule has 0 aromatic heterocycles. The maximum atomic E-state index is 10.3. The van der Waals surface area contributed by atoms with Gasteiger partial charge in [0, 0.05) is 0 Å². The molecule has 0 aliphatic rings. The lowest BCUT2D eigenvalue weighted by Gasteiger charge is -2.09. The van der Waals surface area contributed by atoms with Gasteiger partial charge in [-0.05, 0) is 19.8 Å². The van der Waals surface area contributed by atoms with E-state index in [-0.39, 0.29) is 6.10 Å². The van der Waals surface area contributed by atoms with E-state index in [9.17, 15) is 4.79 Å². The summed E-state index contributed by atoms with van der Waals surface area (Å²) in [5, 5.41) is 8.47. The van der Waals surface area contributed by atoms with Gasteiger partial charge in [0.15, 0.2) is 0 Å². The van der Waals surface area contributed by atoms with E-state index in [1.165, 1.54) is 77.0 Å². The summed E-state index contributed by atoms with van der Waals surface area (Å²) in [7, 11) is 0. The summed E-state index contributed by atoms with van der Waals surface area (Å²) in [4.78, 5) is 10.3. The molecule has 3 nitrogen and oxygen atoms in total. The van der Waals surface area contributed by atoms with Crippen molar-refractivity contribution in [3.63, 3.8) is 0 Å². The summed E-state index contributed by atoms with van der Waals surface area (Å²) in [6, 6.07) is 0. The van der Waals surface area contributed by atoms with Gasteiger partial charge in [-0.15, -0.1) is 0 Å². The van der Waals surface area contributed by atoms with Crippen LogP contribution < -0.4 is 0 Å². The Morgan fingerprint density at radius 3 is 1.57 bits per heavy atom. The number of ether oxygens (including phenoxy) is 1. The molecule has 0 fully saturated rings. The minimum atomic E-state index is -1.16. The molecule has 0 saturated heterocycles. The van der Waals surface area contributed by atoms with E-state index in [1.807, 2.05) is 6.92 Å². The molecule has 3 heteroatoms. The monoisotopic (exact) mass is 300 g/mol. The van der Waals surface area contributed by atoms with Crippen LogP contribution in [0.1, 0.15) is 104 Å². The number of hydrogen-bond donors (Lipinski definition) is 1. The van der Waals surface area contributed by atoms with Crippen LogP contribution in [0.5, 0.6) is 0 Å². The van der Waals surface area contributed by atoms with E-state index in [0.29, 0.717) is 0 Å². The van der Waals surface area contributed by atoms with Crippen LogP contribution in [0.15, 0.2) is 0 Å². The van der Waals surface area contributed by atoms with Crippen molar-refractivity contribution in [1.82, 2.24) is 0 Å². The van der Waals surface area contributed by atoms with Crippen LogP contribution in [0, 0.1) is 0 Å². The second-order valence-electron chi connectivity index (χ2n) is 6.23. The summed E-state index contributed by atoms with van der Waals surface area (Å²) in [6.07, 6.45) is 16.9. The van der Waals surface area contributed by atoms with Gasteiger partial charge in [0.25, 0.3) is 0 Å². The first kappa shape index (κ1) is 20.3. The Hall–Kier alpha value is -0.730. The van der Waals surface area contributed by atoms with Gasteiger partial charge in [-0.3, -0.25) is 0 Å². The minimum Gasteiger partial charge on any atom is -0.450 e. The molecule has 1 atom stereocenters. The van der Waals surface area contributed by atoms with Crippen molar-refractivity contribution in [3.05, 3.63) is 0 Å². The molecule has 0 aromatic rings. The normalized spacial score (nSPS) is 12.3. The Kier molecular flexibility index (Phi) is 15.1. The zero-order valence-corrected chi connectivity index (χ0v) is 14.2. The van der Waals surface area contributed by atoms with Gasteiger partial charge in [0.1, 0.15) is 6.10 Å². The van der Waals surface area contributed by atoms with Crippen LogP contribution >= 0.6 is 0 Å². The van der Waals surface area contributed by atoms with E-state index in [0.717, 1.165) is 12.8 Å². The molecule has 0 radical (unpaired) electrons. The standard InChI is InChI=1S/C18H36O3/c1-3-4-5-6-7-8-9-10-11-12-13-14-15-16-17(2)21-18(19)20/h17H,3-16H2,1-2H3,(H,19,20). The number of unbranched alkanes of at least 4 members (excludes halogenated alkanes) is 12. The van der Waals surface area contributed by atoms with Crippen LogP contribution in [0.25, 0.3) is 0 Å². The van der Waals surface area contributed by atoms with Gasteiger partial charge in [0.05, 0.1) is 0 Å². The SMILES string of the molecule is CCCCCCCCCCCCCCCC(C)OC(=O)O. The Labute approximate surface area is 131 Å². The van der Waals surface area contributed by atoms with Gasteiger partial charge in [0.2, 0.25) is 0 Å². The van der Waals surface area contributed by atoms with E-state index < -0.39 is 6.16 Å². The fourth-order valence-corrected chi connectivity index (χ4v) is 2.68. The molecule has 1 unspecified atom stereocenters. The van der Waals surface area contributed by atoms with Crippen LogP contribution in [-0.2, 0) is 4.74 Å².